The van der Waals surface area contributed by atoms with Crippen LogP contribution in [0.1, 0.15) is 12.6 Å². The first-order valence-electron chi connectivity index (χ1n) is 5.04. The zero-order valence-electron chi connectivity index (χ0n) is 9.42. The normalized spacial score (nSPS) is 9.88. The Morgan fingerprint density at radius 2 is 2.06 bits per heavy atom. The minimum absolute atomic E-state index is 0. The maximum Gasteiger partial charge on any atom is 0.148 e. The van der Waals surface area contributed by atoms with Crippen LogP contribution in [0.25, 0.3) is 0 Å². The predicted molar refractivity (Wildman–Crippen MR) is 65.7 cm³/mol. The number of nitrogens with zero attached hydrogens (tertiary/aromatic N) is 4. The van der Waals surface area contributed by atoms with E-state index in [0.29, 0.717) is 6.54 Å². The van der Waals surface area contributed by atoms with Gasteiger partial charge in [0.15, 0.2) is 0 Å². The van der Waals surface area contributed by atoms with Gasteiger partial charge >= 0.3 is 0 Å². The molecule has 0 saturated heterocycles. The molecule has 0 bridgehead atoms. The first kappa shape index (κ1) is 12.6. The molecule has 5 nitrogen and oxygen atoms in total. The number of hydrogen-bond acceptors (Lipinski definition) is 3. The smallest absolute Gasteiger partial charge is 0.148 e. The molecule has 2 rings (SSSR count). The van der Waals surface area contributed by atoms with Gasteiger partial charge in [-0.15, -0.1) is 12.4 Å². The van der Waals surface area contributed by atoms with Crippen LogP contribution >= 0.6 is 12.4 Å². The van der Waals surface area contributed by atoms with Crippen molar-refractivity contribution in [1.29, 1.82) is 0 Å². The summed E-state index contributed by atoms with van der Waals surface area (Å²) in [5, 5.41) is 11.8. The van der Waals surface area contributed by atoms with E-state index in [4.69, 9.17) is 0 Å². The van der Waals surface area contributed by atoms with Gasteiger partial charge < -0.3 is 5.32 Å². The van der Waals surface area contributed by atoms with Gasteiger partial charge in [0, 0.05) is 32.1 Å². The third-order valence-electron chi connectivity index (χ3n) is 2.18. The third-order valence-corrected chi connectivity index (χ3v) is 2.18. The van der Waals surface area contributed by atoms with Gasteiger partial charge in [0.2, 0.25) is 0 Å². The molecule has 6 heteroatoms. The molecule has 0 aliphatic rings. The average Bonchev–Trinajstić information content (AvgIpc) is 2.83. The Bertz CT molecular complexity index is 434. The topological polar surface area (TPSA) is 47.7 Å². The van der Waals surface area contributed by atoms with Crippen LogP contribution in [0.4, 0.5) is 5.82 Å². The van der Waals surface area contributed by atoms with Gasteiger partial charge in [0.1, 0.15) is 5.82 Å². The van der Waals surface area contributed by atoms with Crippen LogP contribution in [0.3, 0.4) is 0 Å². The van der Waals surface area contributed by atoms with E-state index >= 15 is 0 Å². The van der Waals surface area contributed by atoms with Crippen molar-refractivity contribution in [3.63, 3.8) is 0 Å². The van der Waals surface area contributed by atoms with Crippen LogP contribution in [0.2, 0.25) is 0 Å². The summed E-state index contributed by atoms with van der Waals surface area (Å²) in [6.07, 6.45) is 3.89. The molecule has 0 radical (unpaired) electrons. The fraction of sp³-hybridized carbons (Fsp3) is 0.400. The molecule has 0 aliphatic heterocycles. The predicted octanol–water partition coefficient (Wildman–Crippen LogP) is 1.67. The Morgan fingerprint density at radius 1 is 1.25 bits per heavy atom. The minimum Gasteiger partial charge on any atom is -0.363 e. The first-order chi connectivity index (χ1) is 7.28. The third kappa shape index (κ3) is 3.00. The molecule has 2 aromatic heterocycles. The SMILES string of the molecule is CCn1ccc(CNc2ccn(C)n2)n1.Cl. The van der Waals surface area contributed by atoms with E-state index in [-0.39, 0.29) is 12.4 Å². The van der Waals surface area contributed by atoms with Crippen LogP contribution < -0.4 is 5.32 Å². The van der Waals surface area contributed by atoms with E-state index in [1.807, 2.05) is 36.3 Å². The zero-order chi connectivity index (χ0) is 10.7. The molecule has 16 heavy (non-hydrogen) atoms. The van der Waals surface area contributed by atoms with Crippen LogP contribution in [-0.2, 0) is 20.1 Å². The summed E-state index contributed by atoms with van der Waals surface area (Å²) in [5.74, 6) is 0.878. The minimum atomic E-state index is 0. The first-order valence-corrected chi connectivity index (χ1v) is 5.04. The number of rotatable bonds is 4. The second kappa shape index (κ2) is 5.55. The molecule has 0 atom stereocenters. The van der Waals surface area contributed by atoms with Crippen molar-refractivity contribution in [2.75, 3.05) is 5.32 Å². The van der Waals surface area contributed by atoms with E-state index in [1.54, 1.807) is 4.68 Å². The number of hydrogen-bond donors (Lipinski definition) is 1. The highest BCUT2D eigenvalue weighted by Crippen LogP contribution is 2.04. The molecule has 2 heterocycles. The number of aromatic nitrogens is 4. The Balaban J connectivity index is 0.00000128. The molecular weight excluding hydrogens is 226 g/mol. The van der Waals surface area contributed by atoms with Gasteiger partial charge in [0.25, 0.3) is 0 Å². The summed E-state index contributed by atoms with van der Waals surface area (Å²) >= 11 is 0. The summed E-state index contributed by atoms with van der Waals surface area (Å²) in [5.41, 5.74) is 1.03. The van der Waals surface area contributed by atoms with Crippen molar-refractivity contribution in [3.05, 3.63) is 30.2 Å². The largest absolute Gasteiger partial charge is 0.363 e. The lowest BCUT2D eigenvalue weighted by Crippen LogP contribution is -2.03. The molecule has 0 fully saturated rings. The lowest BCUT2D eigenvalue weighted by Gasteiger charge is -1.99. The maximum absolute atomic E-state index is 4.37. The maximum atomic E-state index is 4.37. The Labute approximate surface area is 101 Å². The quantitative estimate of drug-likeness (QED) is 0.886. The Kier molecular flexibility index (Phi) is 4.37. The lowest BCUT2D eigenvalue weighted by molar-refractivity contribution is 0.648. The molecule has 88 valence electrons. The molecular formula is C10H16ClN5. The average molecular weight is 242 g/mol. The van der Waals surface area contributed by atoms with E-state index in [1.165, 1.54) is 0 Å². The number of nitrogens with one attached hydrogen (secondary N) is 1. The zero-order valence-corrected chi connectivity index (χ0v) is 10.2. The molecule has 0 spiro atoms. The monoisotopic (exact) mass is 241 g/mol. The van der Waals surface area contributed by atoms with Gasteiger partial charge in [-0.2, -0.15) is 10.2 Å². The number of halogens is 1. The summed E-state index contributed by atoms with van der Waals surface area (Å²) in [6, 6.07) is 3.95. The molecule has 0 unspecified atom stereocenters. The summed E-state index contributed by atoms with van der Waals surface area (Å²) < 4.78 is 3.68. The molecule has 0 aromatic carbocycles. The van der Waals surface area contributed by atoms with Crippen molar-refractivity contribution < 1.29 is 0 Å². The highest BCUT2D eigenvalue weighted by atomic mass is 35.5. The molecule has 0 amide bonds. The second-order valence-electron chi connectivity index (χ2n) is 3.39. The fourth-order valence-electron chi connectivity index (χ4n) is 1.36. The van der Waals surface area contributed by atoms with Gasteiger partial charge in [-0.3, -0.25) is 9.36 Å². The van der Waals surface area contributed by atoms with E-state index < -0.39 is 0 Å². The van der Waals surface area contributed by atoms with E-state index in [2.05, 4.69) is 22.4 Å². The highest BCUT2D eigenvalue weighted by Gasteiger charge is 1.99. The lowest BCUT2D eigenvalue weighted by atomic mass is 10.4. The van der Waals surface area contributed by atoms with Crippen molar-refractivity contribution in [3.8, 4) is 0 Å². The number of anilines is 1. The summed E-state index contributed by atoms with van der Waals surface area (Å²) in [7, 11) is 1.90. The van der Waals surface area contributed by atoms with Crippen LogP contribution in [0.15, 0.2) is 24.5 Å². The fourth-order valence-corrected chi connectivity index (χ4v) is 1.36. The molecule has 2 aromatic rings. The molecule has 0 aliphatic carbocycles. The van der Waals surface area contributed by atoms with Crippen LogP contribution in [0.5, 0.6) is 0 Å². The standard InChI is InChI=1S/C10H15N5.ClH/c1-3-15-7-4-9(12-15)8-11-10-5-6-14(2)13-10;/h4-7H,3,8H2,1-2H3,(H,11,13);1H. The van der Waals surface area contributed by atoms with E-state index in [0.717, 1.165) is 18.1 Å². The van der Waals surface area contributed by atoms with Gasteiger partial charge in [-0.1, -0.05) is 0 Å². The van der Waals surface area contributed by atoms with Crippen molar-refractivity contribution in [1.82, 2.24) is 19.6 Å². The van der Waals surface area contributed by atoms with Gasteiger partial charge in [0.05, 0.1) is 12.2 Å². The Morgan fingerprint density at radius 3 is 2.62 bits per heavy atom. The summed E-state index contributed by atoms with van der Waals surface area (Å²) in [6.45, 7) is 3.69. The van der Waals surface area contributed by atoms with Gasteiger partial charge in [-0.25, -0.2) is 0 Å². The van der Waals surface area contributed by atoms with Crippen molar-refractivity contribution in [2.45, 2.75) is 20.0 Å². The Hall–Kier alpha value is -1.49. The second-order valence-corrected chi connectivity index (χ2v) is 3.39. The van der Waals surface area contributed by atoms with Crippen LogP contribution in [0, 0.1) is 0 Å². The van der Waals surface area contributed by atoms with Crippen LogP contribution in [-0.4, -0.2) is 19.6 Å². The molecule has 0 saturated carbocycles. The summed E-state index contributed by atoms with van der Waals surface area (Å²) in [4.78, 5) is 0. The highest BCUT2D eigenvalue weighted by molar-refractivity contribution is 5.85. The van der Waals surface area contributed by atoms with Crippen molar-refractivity contribution in [2.24, 2.45) is 7.05 Å². The number of aryl methyl sites for hydroxylation is 2. The van der Waals surface area contributed by atoms with Crippen molar-refractivity contribution >= 4 is 18.2 Å². The van der Waals surface area contributed by atoms with E-state index in [9.17, 15) is 0 Å². The van der Waals surface area contributed by atoms with Gasteiger partial charge in [-0.05, 0) is 13.0 Å². The molecule has 1 N–H and O–H groups in total.